The summed E-state index contributed by atoms with van der Waals surface area (Å²) >= 11 is 0. The van der Waals surface area contributed by atoms with E-state index >= 15 is 0 Å². The van der Waals surface area contributed by atoms with Gasteiger partial charge in [-0.3, -0.25) is 9.59 Å². The normalized spacial score (nSPS) is 12.9. The van der Waals surface area contributed by atoms with Crippen LogP contribution in [0.25, 0.3) is 5.57 Å². The van der Waals surface area contributed by atoms with Crippen LogP contribution < -0.4 is 5.32 Å². The fraction of sp³-hybridized carbons (Fsp3) is 0.273. The largest absolute Gasteiger partial charge is 0.508 e. The number of hydrogen-bond acceptors (Lipinski definition) is 4. The first-order chi connectivity index (χ1) is 14.1. The summed E-state index contributed by atoms with van der Waals surface area (Å²) in [5.74, 6) is -1.51. The molecule has 0 radical (unpaired) electrons. The standard InChI is InChI=1S/C22H22F3NO4/c1-14(16-5-7-18(8-6-16)22(23,24)25)11-20(28)26-13-17(21(29)30-2)12-15-3-9-19(27)10-4-15/h3-11,17,27H,12-13H2,1-2H3,(H,26,28)/b14-11-. The summed E-state index contributed by atoms with van der Waals surface area (Å²) < 4.78 is 42.7. The number of ether oxygens (including phenoxy) is 1. The molecule has 0 saturated heterocycles. The van der Waals surface area contributed by atoms with Crippen molar-refractivity contribution >= 4 is 17.4 Å². The number of rotatable bonds is 7. The fourth-order valence-electron chi connectivity index (χ4n) is 2.80. The van der Waals surface area contributed by atoms with Crippen molar-refractivity contribution in [1.29, 1.82) is 0 Å². The average Bonchev–Trinajstić information content (AvgIpc) is 2.71. The van der Waals surface area contributed by atoms with Crippen LogP contribution in [0, 0.1) is 5.92 Å². The van der Waals surface area contributed by atoms with Gasteiger partial charge >= 0.3 is 12.1 Å². The quantitative estimate of drug-likeness (QED) is 0.524. The molecule has 30 heavy (non-hydrogen) atoms. The fourth-order valence-corrected chi connectivity index (χ4v) is 2.80. The molecule has 8 heteroatoms. The number of phenolic OH excluding ortho intramolecular Hbond substituents is 1. The minimum atomic E-state index is -4.42. The van der Waals surface area contributed by atoms with Gasteiger partial charge in [0.1, 0.15) is 5.75 Å². The molecule has 2 N–H and O–H groups in total. The van der Waals surface area contributed by atoms with Crippen molar-refractivity contribution in [2.75, 3.05) is 13.7 Å². The van der Waals surface area contributed by atoms with Gasteiger partial charge in [-0.25, -0.2) is 0 Å². The van der Waals surface area contributed by atoms with E-state index in [0.717, 1.165) is 17.7 Å². The van der Waals surface area contributed by atoms with Gasteiger partial charge in [-0.15, -0.1) is 0 Å². The highest BCUT2D eigenvalue weighted by molar-refractivity contribution is 5.95. The Labute approximate surface area is 172 Å². The molecule has 5 nitrogen and oxygen atoms in total. The monoisotopic (exact) mass is 421 g/mol. The maximum Gasteiger partial charge on any atom is 0.416 e. The predicted molar refractivity (Wildman–Crippen MR) is 105 cm³/mol. The SMILES string of the molecule is COC(=O)C(CNC(=O)/C=C(/C)c1ccc(C(F)(F)F)cc1)Cc1ccc(O)cc1. The Morgan fingerprint density at radius 3 is 2.23 bits per heavy atom. The second-order valence-corrected chi connectivity index (χ2v) is 6.74. The first-order valence-electron chi connectivity index (χ1n) is 9.09. The van der Waals surface area contributed by atoms with Gasteiger partial charge in [0.15, 0.2) is 0 Å². The molecule has 2 aromatic rings. The van der Waals surface area contributed by atoms with E-state index in [9.17, 15) is 27.9 Å². The predicted octanol–water partition coefficient (Wildman–Crippen LogP) is 3.96. The van der Waals surface area contributed by atoms with Crippen molar-refractivity contribution in [3.8, 4) is 5.75 Å². The van der Waals surface area contributed by atoms with Crippen molar-refractivity contribution in [3.05, 3.63) is 71.3 Å². The Balaban J connectivity index is 2.01. The molecule has 2 rings (SSSR count). The maximum atomic E-state index is 12.6. The number of phenols is 1. The number of halogens is 3. The Hall–Kier alpha value is -3.29. The second kappa shape index (κ2) is 9.96. The van der Waals surface area contributed by atoms with Crippen molar-refractivity contribution in [2.24, 2.45) is 5.92 Å². The third-order valence-corrected chi connectivity index (χ3v) is 4.49. The molecule has 0 heterocycles. The van der Waals surface area contributed by atoms with Crippen molar-refractivity contribution in [3.63, 3.8) is 0 Å². The third kappa shape index (κ3) is 6.65. The number of esters is 1. The van der Waals surface area contributed by atoms with Crippen LogP contribution in [0.3, 0.4) is 0 Å². The molecule has 2 aromatic carbocycles. The lowest BCUT2D eigenvalue weighted by Gasteiger charge is -2.15. The van der Waals surface area contributed by atoms with E-state index in [-0.39, 0.29) is 12.3 Å². The van der Waals surface area contributed by atoms with Gasteiger partial charge in [-0.05, 0) is 54.3 Å². The minimum Gasteiger partial charge on any atom is -0.508 e. The number of allylic oxidation sites excluding steroid dienone is 1. The van der Waals surface area contributed by atoms with E-state index in [2.05, 4.69) is 5.32 Å². The van der Waals surface area contributed by atoms with E-state index in [4.69, 9.17) is 4.74 Å². The van der Waals surface area contributed by atoms with Gasteiger partial charge in [0.05, 0.1) is 18.6 Å². The topological polar surface area (TPSA) is 75.6 Å². The van der Waals surface area contributed by atoms with Gasteiger partial charge in [-0.1, -0.05) is 24.3 Å². The molecule has 0 spiro atoms. The zero-order valence-electron chi connectivity index (χ0n) is 16.5. The zero-order chi connectivity index (χ0) is 22.3. The molecule has 1 unspecified atom stereocenters. The van der Waals surface area contributed by atoms with E-state index in [1.165, 1.54) is 37.5 Å². The van der Waals surface area contributed by atoms with Gasteiger partial charge in [0.2, 0.25) is 5.91 Å². The van der Waals surface area contributed by atoms with Gasteiger partial charge in [0, 0.05) is 12.6 Å². The van der Waals surface area contributed by atoms with Gasteiger partial charge < -0.3 is 15.2 Å². The van der Waals surface area contributed by atoms with Gasteiger partial charge in [-0.2, -0.15) is 13.2 Å². The number of hydrogen-bond donors (Lipinski definition) is 2. The Morgan fingerprint density at radius 2 is 1.70 bits per heavy atom. The van der Waals surface area contributed by atoms with E-state index in [1.807, 2.05) is 0 Å². The number of carbonyl (C=O) groups is 2. The number of alkyl halides is 3. The van der Waals surface area contributed by atoms with Crippen LogP contribution in [0.2, 0.25) is 0 Å². The smallest absolute Gasteiger partial charge is 0.416 e. The molecule has 0 aliphatic heterocycles. The summed E-state index contributed by atoms with van der Waals surface area (Å²) in [6.07, 6.45) is -2.86. The summed E-state index contributed by atoms with van der Waals surface area (Å²) in [5, 5.41) is 12.0. The molecule has 0 fully saturated rings. The van der Waals surface area contributed by atoms with E-state index in [0.29, 0.717) is 17.6 Å². The summed E-state index contributed by atoms with van der Waals surface area (Å²) in [6.45, 7) is 1.62. The van der Waals surface area contributed by atoms with Crippen LogP contribution in [0.1, 0.15) is 23.6 Å². The number of aromatic hydroxyl groups is 1. The second-order valence-electron chi connectivity index (χ2n) is 6.74. The highest BCUT2D eigenvalue weighted by Gasteiger charge is 2.30. The summed E-state index contributed by atoms with van der Waals surface area (Å²) in [4.78, 5) is 24.2. The summed E-state index contributed by atoms with van der Waals surface area (Å²) in [6, 6.07) is 10.8. The van der Waals surface area contributed by atoms with E-state index in [1.54, 1.807) is 19.1 Å². The maximum absolute atomic E-state index is 12.6. The van der Waals surface area contributed by atoms with Crippen LogP contribution in [-0.2, 0) is 26.9 Å². The first-order valence-corrected chi connectivity index (χ1v) is 9.09. The molecule has 0 aliphatic rings. The molecule has 1 amide bonds. The lowest BCUT2D eigenvalue weighted by atomic mass is 9.99. The van der Waals surface area contributed by atoms with Crippen LogP contribution in [0.15, 0.2) is 54.6 Å². The number of amides is 1. The highest BCUT2D eigenvalue weighted by atomic mass is 19.4. The van der Waals surface area contributed by atoms with Crippen LogP contribution >= 0.6 is 0 Å². The Morgan fingerprint density at radius 1 is 1.10 bits per heavy atom. The first kappa shape index (κ1) is 23.0. The number of nitrogens with one attached hydrogen (secondary N) is 1. The Bertz CT molecular complexity index is 903. The van der Waals surface area contributed by atoms with Crippen molar-refractivity contribution in [2.45, 2.75) is 19.5 Å². The molecule has 0 bridgehead atoms. The lowest BCUT2D eigenvalue weighted by Crippen LogP contribution is -2.34. The van der Waals surface area contributed by atoms with Gasteiger partial charge in [0.25, 0.3) is 0 Å². The molecular weight excluding hydrogens is 399 g/mol. The third-order valence-electron chi connectivity index (χ3n) is 4.49. The number of methoxy groups -OCH3 is 1. The van der Waals surface area contributed by atoms with Crippen LogP contribution in [0.5, 0.6) is 5.75 Å². The summed E-state index contributed by atoms with van der Waals surface area (Å²) in [5.41, 5.74) is 0.980. The molecular formula is C22H22F3NO4. The van der Waals surface area contributed by atoms with Crippen LogP contribution in [-0.4, -0.2) is 30.6 Å². The Kier molecular flexibility index (Phi) is 7.63. The minimum absolute atomic E-state index is 0.0170. The number of benzene rings is 2. The number of carbonyl (C=O) groups excluding carboxylic acids is 2. The highest BCUT2D eigenvalue weighted by Crippen LogP contribution is 2.30. The molecule has 0 aromatic heterocycles. The van der Waals surface area contributed by atoms with Crippen LogP contribution in [0.4, 0.5) is 13.2 Å². The lowest BCUT2D eigenvalue weighted by molar-refractivity contribution is -0.145. The van der Waals surface area contributed by atoms with Crippen molar-refractivity contribution < 1.29 is 32.6 Å². The molecule has 1 atom stereocenters. The molecule has 0 saturated carbocycles. The molecule has 0 aliphatic carbocycles. The molecule has 160 valence electrons. The average molecular weight is 421 g/mol. The van der Waals surface area contributed by atoms with E-state index < -0.39 is 29.5 Å². The zero-order valence-corrected chi connectivity index (χ0v) is 16.5. The van der Waals surface area contributed by atoms with Crippen molar-refractivity contribution in [1.82, 2.24) is 5.32 Å². The summed E-state index contributed by atoms with van der Waals surface area (Å²) in [7, 11) is 1.25.